The molecule has 0 saturated carbocycles. The third-order valence-electron chi connectivity index (χ3n) is 3.16. The van der Waals surface area contributed by atoms with Crippen LogP contribution in [0, 0.1) is 5.92 Å². The van der Waals surface area contributed by atoms with Crippen LogP contribution in [0.1, 0.15) is 11.7 Å². The zero-order valence-corrected chi connectivity index (χ0v) is 10.2. The molecule has 3 N–H and O–H groups in total. The van der Waals surface area contributed by atoms with Gasteiger partial charge in [0, 0.05) is 12.5 Å². The van der Waals surface area contributed by atoms with Crippen molar-refractivity contribution in [1.82, 2.24) is 5.32 Å². The van der Waals surface area contributed by atoms with Crippen molar-refractivity contribution in [3.05, 3.63) is 60.2 Å². The Kier molecular flexibility index (Phi) is 4.70. The highest BCUT2D eigenvalue weighted by Gasteiger charge is 2.20. The molecule has 0 heterocycles. The first-order valence-electron chi connectivity index (χ1n) is 6.23. The molecule has 1 aliphatic carbocycles. The first-order chi connectivity index (χ1) is 8.81. The Bertz CT molecular complexity index is 402. The average Bonchev–Trinajstić information content (AvgIpc) is 2.93. The molecule has 0 bridgehead atoms. The molecular weight excluding hydrogens is 226 g/mol. The summed E-state index contributed by atoms with van der Waals surface area (Å²) in [5, 5.41) is 22.8. The molecule has 0 spiro atoms. The zero-order valence-electron chi connectivity index (χ0n) is 10.2. The first kappa shape index (κ1) is 13.0. The van der Waals surface area contributed by atoms with Crippen LogP contribution in [0.5, 0.6) is 0 Å². The maximum Gasteiger partial charge on any atom is 0.0965 e. The molecule has 0 amide bonds. The second kappa shape index (κ2) is 6.50. The van der Waals surface area contributed by atoms with E-state index in [9.17, 15) is 10.2 Å². The summed E-state index contributed by atoms with van der Waals surface area (Å²) < 4.78 is 0. The molecule has 96 valence electrons. The Balaban J connectivity index is 1.91. The van der Waals surface area contributed by atoms with E-state index in [0.29, 0.717) is 5.92 Å². The molecule has 0 saturated heterocycles. The van der Waals surface area contributed by atoms with Gasteiger partial charge in [0.05, 0.1) is 18.8 Å². The van der Waals surface area contributed by atoms with Gasteiger partial charge >= 0.3 is 0 Å². The highest BCUT2D eigenvalue weighted by atomic mass is 16.3. The van der Waals surface area contributed by atoms with Crippen LogP contribution in [0.2, 0.25) is 0 Å². The van der Waals surface area contributed by atoms with E-state index in [-0.39, 0.29) is 12.6 Å². The predicted octanol–water partition coefficient (Wildman–Crippen LogP) is 1.41. The number of aliphatic hydroxyl groups is 2. The Morgan fingerprint density at radius 1 is 1.11 bits per heavy atom. The van der Waals surface area contributed by atoms with Crippen molar-refractivity contribution in [2.45, 2.75) is 12.1 Å². The molecule has 3 nitrogen and oxygen atoms in total. The molecule has 0 fully saturated rings. The number of benzene rings is 1. The fourth-order valence-electron chi connectivity index (χ4n) is 2.06. The van der Waals surface area contributed by atoms with Crippen molar-refractivity contribution in [1.29, 1.82) is 0 Å². The number of aliphatic hydroxyl groups excluding tert-OH is 2. The van der Waals surface area contributed by atoms with E-state index in [2.05, 4.69) is 17.5 Å². The fraction of sp³-hybridized carbons (Fsp3) is 0.333. The van der Waals surface area contributed by atoms with Gasteiger partial charge in [-0.2, -0.15) is 0 Å². The molecule has 1 aromatic rings. The average molecular weight is 245 g/mol. The second-order valence-electron chi connectivity index (χ2n) is 4.49. The summed E-state index contributed by atoms with van der Waals surface area (Å²) in [6, 6.07) is 9.07. The summed E-state index contributed by atoms with van der Waals surface area (Å²) in [7, 11) is 0. The highest BCUT2D eigenvalue weighted by Crippen LogP contribution is 2.17. The largest absolute Gasteiger partial charge is 0.395 e. The molecule has 3 heteroatoms. The SMILES string of the molecule is OC[C@H](NCC1C=CC=C1)[C@@H](O)c1ccccc1. The van der Waals surface area contributed by atoms with Crippen LogP contribution < -0.4 is 5.32 Å². The van der Waals surface area contributed by atoms with Crippen molar-refractivity contribution in [2.75, 3.05) is 13.2 Å². The standard InChI is InChI=1S/C15H19NO2/c17-11-14(16-10-12-6-4-5-7-12)15(18)13-8-2-1-3-9-13/h1-9,12,14-18H,10-11H2/t14-,15-/m0/s1. The summed E-state index contributed by atoms with van der Waals surface area (Å²) in [5.74, 6) is 0.349. The highest BCUT2D eigenvalue weighted by molar-refractivity contribution is 5.20. The van der Waals surface area contributed by atoms with Gasteiger partial charge in [-0.15, -0.1) is 0 Å². The molecule has 1 aromatic carbocycles. The van der Waals surface area contributed by atoms with Crippen LogP contribution in [-0.2, 0) is 0 Å². The number of hydrogen-bond acceptors (Lipinski definition) is 3. The first-order valence-corrected chi connectivity index (χ1v) is 6.23. The molecule has 0 aliphatic heterocycles. The van der Waals surface area contributed by atoms with Crippen molar-refractivity contribution in [3.63, 3.8) is 0 Å². The quantitative estimate of drug-likeness (QED) is 0.710. The van der Waals surface area contributed by atoms with Crippen LogP contribution in [0.25, 0.3) is 0 Å². The van der Waals surface area contributed by atoms with Gasteiger partial charge in [-0.05, 0) is 5.56 Å². The van der Waals surface area contributed by atoms with E-state index >= 15 is 0 Å². The lowest BCUT2D eigenvalue weighted by Gasteiger charge is -2.23. The summed E-state index contributed by atoms with van der Waals surface area (Å²) in [5.41, 5.74) is 0.821. The number of allylic oxidation sites excluding steroid dienone is 2. The summed E-state index contributed by atoms with van der Waals surface area (Å²) >= 11 is 0. The number of nitrogens with one attached hydrogen (secondary N) is 1. The number of rotatable bonds is 6. The lowest BCUT2D eigenvalue weighted by atomic mass is 10.0. The van der Waals surface area contributed by atoms with Gasteiger partial charge in [-0.1, -0.05) is 54.6 Å². The summed E-state index contributed by atoms with van der Waals surface area (Å²) in [6.45, 7) is 0.637. The minimum atomic E-state index is -0.689. The van der Waals surface area contributed by atoms with Crippen LogP contribution in [0.4, 0.5) is 0 Å². The summed E-state index contributed by atoms with van der Waals surface area (Å²) in [4.78, 5) is 0. The normalized spacial score (nSPS) is 18.1. The predicted molar refractivity (Wildman–Crippen MR) is 72.0 cm³/mol. The van der Waals surface area contributed by atoms with E-state index in [1.807, 2.05) is 42.5 Å². The van der Waals surface area contributed by atoms with Crippen molar-refractivity contribution >= 4 is 0 Å². The van der Waals surface area contributed by atoms with Gasteiger partial charge in [0.2, 0.25) is 0 Å². The molecule has 2 atom stereocenters. The van der Waals surface area contributed by atoms with Crippen LogP contribution in [-0.4, -0.2) is 29.4 Å². The molecular formula is C15H19NO2. The molecule has 2 rings (SSSR count). The van der Waals surface area contributed by atoms with Crippen molar-refractivity contribution in [2.24, 2.45) is 5.92 Å². The van der Waals surface area contributed by atoms with E-state index in [1.165, 1.54) is 0 Å². The van der Waals surface area contributed by atoms with Gasteiger partial charge < -0.3 is 15.5 Å². The minimum absolute atomic E-state index is 0.0871. The van der Waals surface area contributed by atoms with E-state index in [0.717, 1.165) is 12.1 Å². The zero-order chi connectivity index (χ0) is 12.8. The molecule has 0 aromatic heterocycles. The van der Waals surface area contributed by atoms with Crippen LogP contribution in [0.15, 0.2) is 54.6 Å². The number of hydrogen-bond donors (Lipinski definition) is 3. The third kappa shape index (κ3) is 3.29. The van der Waals surface area contributed by atoms with E-state index < -0.39 is 6.10 Å². The maximum absolute atomic E-state index is 10.2. The van der Waals surface area contributed by atoms with Gasteiger partial charge in [0.15, 0.2) is 0 Å². The van der Waals surface area contributed by atoms with E-state index in [1.54, 1.807) is 0 Å². The Labute approximate surface area is 107 Å². The van der Waals surface area contributed by atoms with Gasteiger partial charge in [-0.25, -0.2) is 0 Å². The second-order valence-corrected chi connectivity index (χ2v) is 4.49. The minimum Gasteiger partial charge on any atom is -0.395 e. The van der Waals surface area contributed by atoms with Gasteiger partial charge in [-0.3, -0.25) is 0 Å². The van der Waals surface area contributed by atoms with Crippen LogP contribution in [0.3, 0.4) is 0 Å². The smallest absolute Gasteiger partial charge is 0.0965 e. The van der Waals surface area contributed by atoms with Crippen molar-refractivity contribution in [3.8, 4) is 0 Å². The van der Waals surface area contributed by atoms with Gasteiger partial charge in [0.1, 0.15) is 0 Å². The van der Waals surface area contributed by atoms with Crippen LogP contribution >= 0.6 is 0 Å². The molecule has 0 radical (unpaired) electrons. The fourth-order valence-corrected chi connectivity index (χ4v) is 2.06. The molecule has 0 unspecified atom stereocenters. The third-order valence-corrected chi connectivity index (χ3v) is 3.16. The molecule has 18 heavy (non-hydrogen) atoms. The van der Waals surface area contributed by atoms with E-state index in [4.69, 9.17) is 0 Å². The lowest BCUT2D eigenvalue weighted by Crippen LogP contribution is -2.40. The Morgan fingerprint density at radius 3 is 2.39 bits per heavy atom. The Morgan fingerprint density at radius 2 is 1.78 bits per heavy atom. The van der Waals surface area contributed by atoms with Crippen molar-refractivity contribution < 1.29 is 10.2 Å². The van der Waals surface area contributed by atoms with Gasteiger partial charge in [0.25, 0.3) is 0 Å². The maximum atomic E-state index is 10.2. The lowest BCUT2D eigenvalue weighted by molar-refractivity contribution is 0.0895. The Hall–Kier alpha value is -1.42. The topological polar surface area (TPSA) is 52.5 Å². The summed E-state index contributed by atoms with van der Waals surface area (Å²) in [6.07, 6.45) is 7.51. The molecule has 1 aliphatic rings. The monoisotopic (exact) mass is 245 g/mol.